The van der Waals surface area contributed by atoms with Gasteiger partial charge < -0.3 is 14.5 Å². The Hall–Kier alpha value is -1.85. The lowest BCUT2D eigenvalue weighted by molar-refractivity contribution is 0.0205. The number of carbonyl (C=O) groups excluding carboxylic acids is 1. The largest absolute Gasteiger partial charge is 0.444 e. The maximum Gasteiger partial charge on any atom is 0.410 e. The monoisotopic (exact) mass is 292 g/mol. The fourth-order valence-electron chi connectivity index (χ4n) is 2.42. The lowest BCUT2D eigenvalue weighted by Crippen LogP contribution is -2.47. The van der Waals surface area contributed by atoms with E-state index in [-0.39, 0.29) is 6.09 Å². The fourth-order valence-corrected chi connectivity index (χ4v) is 2.42. The molecule has 0 radical (unpaired) electrons. The van der Waals surface area contributed by atoms with E-state index in [2.05, 4.69) is 14.9 Å². The second-order valence-electron chi connectivity index (χ2n) is 6.37. The zero-order valence-electron chi connectivity index (χ0n) is 13.2. The topological polar surface area (TPSA) is 58.6 Å². The van der Waals surface area contributed by atoms with E-state index in [0.29, 0.717) is 19.1 Å². The highest BCUT2D eigenvalue weighted by Crippen LogP contribution is 2.21. The molecule has 21 heavy (non-hydrogen) atoms. The second kappa shape index (κ2) is 6.28. The van der Waals surface area contributed by atoms with Crippen molar-refractivity contribution in [1.29, 1.82) is 0 Å². The SMILES string of the molecule is CN(c1cnccn1)C1CCN(C(=O)OC(C)(C)C)CC1. The summed E-state index contributed by atoms with van der Waals surface area (Å²) in [4.78, 5) is 24.4. The second-order valence-corrected chi connectivity index (χ2v) is 6.37. The van der Waals surface area contributed by atoms with Crippen LogP contribution < -0.4 is 4.90 Å². The van der Waals surface area contributed by atoms with Crippen molar-refractivity contribution in [2.24, 2.45) is 0 Å². The Balaban J connectivity index is 1.87. The fraction of sp³-hybridized carbons (Fsp3) is 0.667. The highest BCUT2D eigenvalue weighted by molar-refractivity contribution is 5.68. The average Bonchev–Trinajstić information content (AvgIpc) is 2.46. The number of aromatic nitrogens is 2. The van der Waals surface area contributed by atoms with Crippen LogP contribution in [-0.2, 0) is 4.74 Å². The third-order valence-corrected chi connectivity index (χ3v) is 3.57. The molecule has 2 rings (SSSR count). The smallest absolute Gasteiger partial charge is 0.410 e. The van der Waals surface area contributed by atoms with E-state index in [1.165, 1.54) is 0 Å². The molecule has 0 aliphatic carbocycles. The summed E-state index contributed by atoms with van der Waals surface area (Å²) < 4.78 is 5.41. The van der Waals surface area contributed by atoms with E-state index in [0.717, 1.165) is 18.7 Å². The third-order valence-electron chi connectivity index (χ3n) is 3.57. The minimum Gasteiger partial charge on any atom is -0.444 e. The minimum atomic E-state index is -0.440. The highest BCUT2D eigenvalue weighted by Gasteiger charge is 2.28. The summed E-state index contributed by atoms with van der Waals surface area (Å²) in [5.74, 6) is 0.869. The van der Waals surface area contributed by atoms with E-state index in [9.17, 15) is 4.79 Å². The standard InChI is InChI=1S/C15H24N4O2/c1-15(2,3)21-14(20)19-9-5-12(6-10-19)18(4)13-11-16-7-8-17-13/h7-8,11-12H,5-6,9-10H2,1-4H3. The maximum absolute atomic E-state index is 12.0. The number of anilines is 1. The van der Waals surface area contributed by atoms with Crippen molar-refractivity contribution in [3.63, 3.8) is 0 Å². The molecular formula is C15H24N4O2. The van der Waals surface area contributed by atoms with Gasteiger partial charge >= 0.3 is 6.09 Å². The highest BCUT2D eigenvalue weighted by atomic mass is 16.6. The van der Waals surface area contributed by atoms with Crippen molar-refractivity contribution in [3.8, 4) is 0 Å². The summed E-state index contributed by atoms with van der Waals surface area (Å²) in [5.41, 5.74) is -0.440. The van der Waals surface area contributed by atoms with Crippen LogP contribution in [0.3, 0.4) is 0 Å². The van der Waals surface area contributed by atoms with Crippen molar-refractivity contribution in [3.05, 3.63) is 18.6 Å². The Morgan fingerprint density at radius 3 is 2.52 bits per heavy atom. The number of hydrogen-bond acceptors (Lipinski definition) is 5. The van der Waals surface area contributed by atoms with Crippen LogP contribution in [0.2, 0.25) is 0 Å². The molecule has 1 aromatic rings. The number of carbonyl (C=O) groups is 1. The molecular weight excluding hydrogens is 268 g/mol. The van der Waals surface area contributed by atoms with Gasteiger partial charge in [-0.3, -0.25) is 4.98 Å². The van der Waals surface area contributed by atoms with Gasteiger partial charge in [0.1, 0.15) is 11.4 Å². The van der Waals surface area contributed by atoms with Gasteiger partial charge in [0, 0.05) is 38.6 Å². The Morgan fingerprint density at radius 1 is 1.33 bits per heavy atom. The van der Waals surface area contributed by atoms with Gasteiger partial charge in [-0.15, -0.1) is 0 Å². The summed E-state index contributed by atoms with van der Waals surface area (Å²) in [5, 5.41) is 0. The average molecular weight is 292 g/mol. The molecule has 6 nitrogen and oxygen atoms in total. The molecule has 6 heteroatoms. The van der Waals surface area contributed by atoms with Gasteiger partial charge in [-0.05, 0) is 33.6 Å². The number of hydrogen-bond donors (Lipinski definition) is 0. The van der Waals surface area contributed by atoms with Crippen LogP contribution in [0, 0.1) is 0 Å². The minimum absolute atomic E-state index is 0.219. The van der Waals surface area contributed by atoms with Crippen molar-refractivity contribution in [2.75, 3.05) is 25.0 Å². The Labute approximate surface area is 126 Å². The van der Waals surface area contributed by atoms with Crippen LogP contribution in [0.4, 0.5) is 10.6 Å². The predicted molar refractivity (Wildman–Crippen MR) is 81.3 cm³/mol. The van der Waals surface area contributed by atoms with Gasteiger partial charge in [0.25, 0.3) is 0 Å². The Bertz CT molecular complexity index is 464. The van der Waals surface area contributed by atoms with Crippen LogP contribution in [0.5, 0.6) is 0 Å². The Morgan fingerprint density at radius 2 is 2.00 bits per heavy atom. The van der Waals surface area contributed by atoms with Gasteiger partial charge in [-0.25, -0.2) is 9.78 Å². The van der Waals surface area contributed by atoms with E-state index < -0.39 is 5.60 Å². The molecule has 0 unspecified atom stereocenters. The first kappa shape index (κ1) is 15.5. The molecule has 0 bridgehead atoms. The third kappa shape index (κ3) is 4.31. The molecule has 0 spiro atoms. The quantitative estimate of drug-likeness (QED) is 0.837. The molecule has 0 saturated carbocycles. The lowest BCUT2D eigenvalue weighted by Gasteiger charge is -2.37. The van der Waals surface area contributed by atoms with E-state index in [1.54, 1.807) is 23.5 Å². The van der Waals surface area contributed by atoms with Gasteiger partial charge in [-0.1, -0.05) is 0 Å². The van der Waals surface area contributed by atoms with Crippen molar-refractivity contribution in [2.45, 2.75) is 45.3 Å². The summed E-state index contributed by atoms with van der Waals surface area (Å²) in [6, 6.07) is 0.375. The number of amides is 1. The maximum atomic E-state index is 12.0. The zero-order valence-corrected chi connectivity index (χ0v) is 13.2. The molecule has 116 valence electrons. The lowest BCUT2D eigenvalue weighted by atomic mass is 10.0. The van der Waals surface area contributed by atoms with Gasteiger partial charge in [0.2, 0.25) is 0 Å². The molecule has 1 saturated heterocycles. The number of ether oxygens (including phenoxy) is 1. The number of nitrogens with zero attached hydrogens (tertiary/aromatic N) is 4. The molecule has 2 heterocycles. The van der Waals surface area contributed by atoms with E-state index in [4.69, 9.17) is 4.74 Å². The number of piperidine rings is 1. The molecule has 0 atom stereocenters. The zero-order chi connectivity index (χ0) is 15.5. The van der Waals surface area contributed by atoms with Crippen LogP contribution in [0.15, 0.2) is 18.6 Å². The van der Waals surface area contributed by atoms with Crippen LogP contribution in [0.25, 0.3) is 0 Å². The van der Waals surface area contributed by atoms with Crippen LogP contribution in [-0.4, -0.2) is 52.7 Å². The molecule has 1 fully saturated rings. The first-order chi connectivity index (χ1) is 9.87. The first-order valence-electron chi connectivity index (χ1n) is 7.33. The Kier molecular flexibility index (Phi) is 4.65. The van der Waals surface area contributed by atoms with Gasteiger partial charge in [0.05, 0.1) is 6.20 Å². The van der Waals surface area contributed by atoms with Gasteiger partial charge in [-0.2, -0.15) is 0 Å². The summed E-state index contributed by atoms with van der Waals surface area (Å²) in [6.45, 7) is 7.09. The normalized spacial score (nSPS) is 16.7. The molecule has 0 aromatic carbocycles. The van der Waals surface area contributed by atoms with Crippen molar-refractivity contribution in [1.82, 2.24) is 14.9 Å². The molecule has 1 aliphatic rings. The summed E-state index contributed by atoms with van der Waals surface area (Å²) >= 11 is 0. The van der Waals surface area contributed by atoms with Crippen molar-refractivity contribution >= 4 is 11.9 Å². The molecule has 1 aliphatic heterocycles. The molecule has 1 amide bonds. The predicted octanol–water partition coefficient (Wildman–Crippen LogP) is 2.31. The first-order valence-corrected chi connectivity index (χ1v) is 7.33. The van der Waals surface area contributed by atoms with Crippen molar-refractivity contribution < 1.29 is 9.53 Å². The summed E-state index contributed by atoms with van der Waals surface area (Å²) in [7, 11) is 2.03. The van der Waals surface area contributed by atoms with E-state index >= 15 is 0 Å². The van der Waals surface area contributed by atoms with Crippen LogP contribution >= 0.6 is 0 Å². The summed E-state index contributed by atoms with van der Waals surface area (Å²) in [6.07, 6.45) is 6.73. The number of rotatable bonds is 2. The molecule has 0 N–H and O–H groups in total. The van der Waals surface area contributed by atoms with E-state index in [1.807, 2.05) is 27.8 Å². The van der Waals surface area contributed by atoms with Gasteiger partial charge in [0.15, 0.2) is 0 Å². The number of likely N-dealkylation sites (tertiary alicyclic amines) is 1. The van der Waals surface area contributed by atoms with Crippen LogP contribution in [0.1, 0.15) is 33.6 Å². The molecule has 1 aromatic heterocycles.